The van der Waals surface area contributed by atoms with E-state index < -0.39 is 0 Å². The van der Waals surface area contributed by atoms with Crippen LogP contribution in [0.3, 0.4) is 0 Å². The Morgan fingerprint density at radius 2 is 2.14 bits per heavy atom. The van der Waals surface area contributed by atoms with Gasteiger partial charge in [-0.2, -0.15) is 5.10 Å². The highest BCUT2D eigenvalue weighted by atomic mass is 32.1. The Hall–Kier alpha value is -2.02. The van der Waals surface area contributed by atoms with E-state index in [4.69, 9.17) is 0 Å². The number of H-pyrrole nitrogens is 1. The van der Waals surface area contributed by atoms with Gasteiger partial charge in [-0.3, -0.25) is 14.7 Å². The van der Waals surface area contributed by atoms with E-state index in [1.54, 1.807) is 0 Å². The van der Waals surface area contributed by atoms with Crippen LogP contribution in [0, 0.1) is 13.8 Å². The fourth-order valence-electron chi connectivity index (χ4n) is 2.86. The molecule has 0 spiro atoms. The predicted molar refractivity (Wildman–Crippen MR) is 84.5 cm³/mol. The summed E-state index contributed by atoms with van der Waals surface area (Å²) in [6.45, 7) is 5.63. The second kappa shape index (κ2) is 5.64. The van der Waals surface area contributed by atoms with Gasteiger partial charge in [0.25, 0.3) is 0 Å². The molecular formula is C15H18N4O2S. The van der Waals surface area contributed by atoms with Crippen molar-refractivity contribution in [1.29, 1.82) is 0 Å². The molecule has 3 rings (SSSR count). The number of ketones is 1. The number of hydrogen-bond donors (Lipinski definition) is 2. The Bertz CT molecular complexity index is 727. The summed E-state index contributed by atoms with van der Waals surface area (Å²) >= 11 is 1.28. The second-order valence-corrected chi connectivity index (χ2v) is 6.63. The Morgan fingerprint density at radius 3 is 2.77 bits per heavy atom. The molecule has 0 bridgehead atoms. The molecule has 116 valence electrons. The third-order valence-corrected chi connectivity index (χ3v) is 5.06. The highest BCUT2D eigenvalue weighted by Gasteiger charge is 2.25. The predicted octanol–water partition coefficient (Wildman–Crippen LogP) is 2.74. The van der Waals surface area contributed by atoms with Crippen LogP contribution >= 0.6 is 11.3 Å². The molecule has 0 saturated carbocycles. The number of thiazole rings is 1. The first kappa shape index (κ1) is 14.9. The van der Waals surface area contributed by atoms with Crippen LogP contribution < -0.4 is 5.32 Å². The maximum Gasteiger partial charge on any atom is 0.233 e. The van der Waals surface area contributed by atoms with E-state index in [2.05, 4.69) is 20.5 Å². The second-order valence-electron chi connectivity index (χ2n) is 5.63. The fraction of sp³-hybridized carbons (Fsp3) is 0.467. The first-order chi connectivity index (χ1) is 10.5. The minimum atomic E-state index is -0.324. The molecule has 1 aliphatic carbocycles. The zero-order chi connectivity index (χ0) is 15.9. The number of aromatic nitrogens is 3. The van der Waals surface area contributed by atoms with E-state index in [-0.39, 0.29) is 17.6 Å². The van der Waals surface area contributed by atoms with Gasteiger partial charge in [0.1, 0.15) is 0 Å². The molecule has 2 aromatic heterocycles. The number of carbonyl (C=O) groups is 2. The number of anilines is 1. The van der Waals surface area contributed by atoms with E-state index in [9.17, 15) is 9.59 Å². The molecule has 0 radical (unpaired) electrons. The van der Waals surface area contributed by atoms with Gasteiger partial charge in [0.15, 0.2) is 10.9 Å². The van der Waals surface area contributed by atoms with Crippen LogP contribution in [0.2, 0.25) is 0 Å². The van der Waals surface area contributed by atoms with Crippen molar-refractivity contribution in [3.05, 3.63) is 27.5 Å². The van der Waals surface area contributed by atoms with Crippen LogP contribution in [0.1, 0.15) is 58.0 Å². The van der Waals surface area contributed by atoms with Crippen molar-refractivity contribution < 1.29 is 9.59 Å². The average molecular weight is 318 g/mol. The zero-order valence-electron chi connectivity index (χ0n) is 12.8. The van der Waals surface area contributed by atoms with Crippen LogP contribution in [0.15, 0.2) is 0 Å². The summed E-state index contributed by atoms with van der Waals surface area (Å²) in [4.78, 5) is 29.4. The molecule has 0 aromatic carbocycles. The molecule has 1 amide bonds. The fourth-order valence-corrected chi connectivity index (χ4v) is 3.85. The maximum atomic E-state index is 12.4. The summed E-state index contributed by atoms with van der Waals surface area (Å²) < 4.78 is 0. The summed E-state index contributed by atoms with van der Waals surface area (Å²) in [6.07, 6.45) is 2.22. The van der Waals surface area contributed by atoms with Gasteiger partial charge >= 0.3 is 0 Å². The monoisotopic (exact) mass is 318 g/mol. The molecular weight excluding hydrogens is 300 g/mol. The normalized spacial score (nSPS) is 15.5. The molecule has 0 fully saturated rings. The highest BCUT2D eigenvalue weighted by Crippen LogP contribution is 2.30. The molecule has 7 heteroatoms. The largest absolute Gasteiger partial charge is 0.301 e. The number of hydrogen-bond acceptors (Lipinski definition) is 5. The minimum absolute atomic E-state index is 0.133. The van der Waals surface area contributed by atoms with E-state index in [1.807, 2.05) is 20.8 Å². The number of rotatable bonds is 3. The van der Waals surface area contributed by atoms with Crippen LogP contribution in [-0.2, 0) is 11.2 Å². The van der Waals surface area contributed by atoms with Gasteiger partial charge in [0.2, 0.25) is 5.91 Å². The molecule has 1 atom stereocenters. The van der Waals surface area contributed by atoms with Crippen molar-refractivity contribution in [2.75, 3.05) is 5.32 Å². The lowest BCUT2D eigenvalue weighted by molar-refractivity contribution is -0.117. The number of fused-ring (bicyclic) bond motifs is 1. The Morgan fingerprint density at radius 1 is 1.36 bits per heavy atom. The lowest BCUT2D eigenvalue weighted by atomic mass is 9.98. The quantitative estimate of drug-likeness (QED) is 0.911. The Labute approximate surface area is 132 Å². The topological polar surface area (TPSA) is 87.7 Å². The molecule has 0 saturated heterocycles. The van der Waals surface area contributed by atoms with Crippen molar-refractivity contribution in [2.45, 2.75) is 46.0 Å². The van der Waals surface area contributed by atoms with Crippen molar-refractivity contribution in [2.24, 2.45) is 0 Å². The van der Waals surface area contributed by atoms with Crippen LogP contribution in [0.4, 0.5) is 5.13 Å². The molecule has 2 N–H and O–H groups in total. The van der Waals surface area contributed by atoms with Gasteiger partial charge in [-0.15, -0.1) is 0 Å². The standard InChI is InChI=1S/C15H18N4O2S/c1-7(12-8(2)18-19-9(12)3)14(21)17-15-16-10-5-4-6-11(20)13(10)22-15/h7H,4-6H2,1-3H3,(H,18,19)(H,16,17,21)/t7-/m0/s1. The third kappa shape index (κ3) is 2.56. The SMILES string of the molecule is Cc1n[nH]c(C)c1[C@H](C)C(=O)Nc1nc2c(s1)C(=O)CCC2. The first-order valence-corrected chi connectivity index (χ1v) is 8.14. The van der Waals surface area contributed by atoms with Gasteiger partial charge < -0.3 is 5.32 Å². The number of aromatic amines is 1. The van der Waals surface area contributed by atoms with Gasteiger partial charge in [0.05, 0.1) is 22.2 Å². The Balaban J connectivity index is 1.79. The number of Topliss-reactive ketones (excluding diaryl/α,β-unsaturated/α-hetero) is 1. The molecule has 1 aliphatic rings. The smallest absolute Gasteiger partial charge is 0.233 e. The third-order valence-electron chi connectivity index (χ3n) is 4.01. The lowest BCUT2D eigenvalue weighted by Gasteiger charge is -2.11. The zero-order valence-corrected chi connectivity index (χ0v) is 13.6. The van der Waals surface area contributed by atoms with E-state index in [0.717, 1.165) is 35.5 Å². The number of nitrogens with zero attached hydrogens (tertiary/aromatic N) is 2. The van der Waals surface area contributed by atoms with Crippen molar-refractivity contribution in [1.82, 2.24) is 15.2 Å². The van der Waals surface area contributed by atoms with E-state index in [0.29, 0.717) is 16.4 Å². The molecule has 2 heterocycles. The number of amides is 1. The van der Waals surface area contributed by atoms with Crippen molar-refractivity contribution in [3.8, 4) is 0 Å². The minimum Gasteiger partial charge on any atom is -0.301 e. The number of carbonyl (C=O) groups excluding carboxylic acids is 2. The number of aryl methyl sites for hydroxylation is 3. The van der Waals surface area contributed by atoms with Crippen molar-refractivity contribution in [3.63, 3.8) is 0 Å². The van der Waals surface area contributed by atoms with Crippen LogP contribution in [0.25, 0.3) is 0 Å². The molecule has 22 heavy (non-hydrogen) atoms. The van der Waals surface area contributed by atoms with E-state index >= 15 is 0 Å². The molecule has 6 nitrogen and oxygen atoms in total. The molecule has 2 aromatic rings. The van der Waals surface area contributed by atoms with Crippen LogP contribution in [-0.4, -0.2) is 26.9 Å². The summed E-state index contributed by atoms with van der Waals surface area (Å²) in [6, 6.07) is 0. The first-order valence-electron chi connectivity index (χ1n) is 7.32. The summed E-state index contributed by atoms with van der Waals surface area (Å²) in [5, 5.41) is 10.4. The Kier molecular flexibility index (Phi) is 3.82. The van der Waals surface area contributed by atoms with Gasteiger partial charge in [0, 0.05) is 17.7 Å². The maximum absolute atomic E-state index is 12.4. The summed E-state index contributed by atoms with van der Waals surface area (Å²) in [5.41, 5.74) is 3.46. The van der Waals surface area contributed by atoms with Gasteiger partial charge in [-0.25, -0.2) is 4.98 Å². The van der Waals surface area contributed by atoms with Gasteiger partial charge in [-0.1, -0.05) is 11.3 Å². The molecule has 0 aliphatic heterocycles. The average Bonchev–Trinajstić information content (AvgIpc) is 3.02. The molecule has 0 unspecified atom stereocenters. The highest BCUT2D eigenvalue weighted by molar-refractivity contribution is 7.17. The van der Waals surface area contributed by atoms with Gasteiger partial charge in [-0.05, 0) is 33.6 Å². The summed E-state index contributed by atoms with van der Waals surface area (Å²) in [7, 11) is 0. The van der Waals surface area contributed by atoms with E-state index in [1.165, 1.54) is 11.3 Å². The van der Waals surface area contributed by atoms with Crippen molar-refractivity contribution >= 4 is 28.2 Å². The van der Waals surface area contributed by atoms with Crippen LogP contribution in [0.5, 0.6) is 0 Å². The lowest BCUT2D eigenvalue weighted by Crippen LogP contribution is -2.19. The number of nitrogens with one attached hydrogen (secondary N) is 2. The summed E-state index contributed by atoms with van der Waals surface area (Å²) in [5.74, 6) is -0.324.